The van der Waals surface area contributed by atoms with Crippen molar-refractivity contribution < 1.29 is 14.3 Å². The number of carboxylic acids is 1. The third-order valence-corrected chi connectivity index (χ3v) is 2.21. The fraction of sp³-hybridized carbons (Fsp3) is 0.182. The largest absolute Gasteiger partial charge is 0.478 e. The molecule has 78 valence electrons. The van der Waals surface area contributed by atoms with E-state index in [4.69, 9.17) is 9.52 Å². The number of hydrogen-bond donors (Lipinski definition) is 1. The molecular formula is C11H11NO3. The molecule has 0 spiro atoms. The van der Waals surface area contributed by atoms with Crippen LogP contribution in [0.15, 0.2) is 46.9 Å². The molecule has 15 heavy (non-hydrogen) atoms. The smallest absolute Gasteiger partial charge is 0.333 e. The lowest BCUT2D eigenvalue weighted by atomic mass is 10.2. The zero-order valence-electron chi connectivity index (χ0n) is 8.09. The zero-order chi connectivity index (χ0) is 10.7. The SMILES string of the molecule is O=C(O)C1=CC=CN(Cc2ccoc2)C1. The molecule has 1 N–H and O–H groups in total. The molecule has 4 nitrogen and oxygen atoms in total. The Hall–Kier alpha value is -1.97. The van der Waals surface area contributed by atoms with Crippen molar-refractivity contribution in [1.29, 1.82) is 0 Å². The molecule has 0 amide bonds. The van der Waals surface area contributed by atoms with Crippen LogP contribution in [0.1, 0.15) is 5.56 Å². The Morgan fingerprint density at radius 1 is 1.60 bits per heavy atom. The van der Waals surface area contributed by atoms with Crippen molar-refractivity contribution in [2.75, 3.05) is 6.54 Å². The summed E-state index contributed by atoms with van der Waals surface area (Å²) in [6.07, 6.45) is 8.50. The van der Waals surface area contributed by atoms with Gasteiger partial charge in [0.15, 0.2) is 0 Å². The molecular weight excluding hydrogens is 194 g/mol. The molecule has 4 heteroatoms. The highest BCUT2D eigenvalue weighted by atomic mass is 16.4. The first-order chi connectivity index (χ1) is 7.25. The van der Waals surface area contributed by atoms with Gasteiger partial charge in [-0.1, -0.05) is 0 Å². The molecule has 0 saturated heterocycles. The molecule has 2 heterocycles. The molecule has 1 aliphatic rings. The van der Waals surface area contributed by atoms with Crippen LogP contribution in [0.4, 0.5) is 0 Å². The van der Waals surface area contributed by atoms with E-state index in [1.54, 1.807) is 24.7 Å². The van der Waals surface area contributed by atoms with Gasteiger partial charge in [-0.2, -0.15) is 0 Å². The molecule has 1 aromatic heterocycles. The van der Waals surface area contributed by atoms with Gasteiger partial charge in [-0.25, -0.2) is 4.79 Å². The average molecular weight is 205 g/mol. The van der Waals surface area contributed by atoms with Crippen LogP contribution in [-0.4, -0.2) is 22.5 Å². The second-order valence-corrected chi connectivity index (χ2v) is 3.38. The fourth-order valence-corrected chi connectivity index (χ4v) is 1.47. The Balaban J connectivity index is 2.00. The summed E-state index contributed by atoms with van der Waals surface area (Å²) in [4.78, 5) is 12.7. The van der Waals surface area contributed by atoms with Crippen molar-refractivity contribution in [3.8, 4) is 0 Å². The van der Waals surface area contributed by atoms with E-state index in [1.807, 2.05) is 17.2 Å². The first-order valence-electron chi connectivity index (χ1n) is 4.61. The van der Waals surface area contributed by atoms with E-state index in [0.717, 1.165) is 5.56 Å². The van der Waals surface area contributed by atoms with Gasteiger partial charge in [-0.05, 0) is 24.4 Å². The number of carboxylic acid groups (broad SMARTS) is 1. The molecule has 0 aromatic carbocycles. The molecule has 1 aromatic rings. The van der Waals surface area contributed by atoms with E-state index in [1.165, 1.54) is 0 Å². The lowest BCUT2D eigenvalue weighted by molar-refractivity contribution is -0.132. The van der Waals surface area contributed by atoms with E-state index < -0.39 is 5.97 Å². The second kappa shape index (κ2) is 4.04. The maximum atomic E-state index is 10.8. The van der Waals surface area contributed by atoms with Crippen molar-refractivity contribution in [3.63, 3.8) is 0 Å². The van der Waals surface area contributed by atoms with E-state index in [0.29, 0.717) is 18.7 Å². The summed E-state index contributed by atoms with van der Waals surface area (Å²) in [5.41, 5.74) is 1.44. The number of allylic oxidation sites excluding steroid dienone is 2. The van der Waals surface area contributed by atoms with E-state index >= 15 is 0 Å². The summed E-state index contributed by atoms with van der Waals surface area (Å²) < 4.78 is 4.95. The maximum absolute atomic E-state index is 10.8. The Morgan fingerprint density at radius 2 is 2.47 bits per heavy atom. The molecule has 0 saturated carbocycles. The summed E-state index contributed by atoms with van der Waals surface area (Å²) in [7, 11) is 0. The highest BCUT2D eigenvalue weighted by Crippen LogP contribution is 2.12. The van der Waals surface area contributed by atoms with Crippen molar-refractivity contribution in [2.45, 2.75) is 6.54 Å². The minimum absolute atomic E-state index is 0.404. The second-order valence-electron chi connectivity index (χ2n) is 3.38. The van der Waals surface area contributed by atoms with E-state index in [-0.39, 0.29) is 0 Å². The molecule has 0 aliphatic carbocycles. The molecule has 1 aliphatic heterocycles. The minimum Gasteiger partial charge on any atom is -0.478 e. The average Bonchev–Trinajstić information content (AvgIpc) is 2.71. The molecule has 0 atom stereocenters. The van der Waals surface area contributed by atoms with Crippen LogP contribution in [0, 0.1) is 0 Å². The number of rotatable bonds is 3. The quantitative estimate of drug-likeness (QED) is 0.814. The maximum Gasteiger partial charge on any atom is 0.333 e. The van der Waals surface area contributed by atoms with Gasteiger partial charge >= 0.3 is 5.97 Å². The lowest BCUT2D eigenvalue weighted by Crippen LogP contribution is -2.24. The van der Waals surface area contributed by atoms with Crippen LogP contribution in [0.3, 0.4) is 0 Å². The lowest BCUT2D eigenvalue weighted by Gasteiger charge is -2.22. The third-order valence-electron chi connectivity index (χ3n) is 2.21. The summed E-state index contributed by atoms with van der Waals surface area (Å²) in [6, 6.07) is 1.87. The van der Waals surface area contributed by atoms with Gasteiger partial charge in [0, 0.05) is 18.7 Å². The van der Waals surface area contributed by atoms with Crippen molar-refractivity contribution in [2.24, 2.45) is 0 Å². The first-order valence-corrected chi connectivity index (χ1v) is 4.61. The summed E-state index contributed by atoms with van der Waals surface area (Å²) in [5.74, 6) is -0.864. The number of aliphatic carboxylic acids is 1. The number of hydrogen-bond acceptors (Lipinski definition) is 3. The highest BCUT2D eigenvalue weighted by molar-refractivity contribution is 5.87. The third kappa shape index (κ3) is 2.28. The van der Waals surface area contributed by atoms with Gasteiger partial charge in [0.2, 0.25) is 0 Å². The summed E-state index contributed by atoms with van der Waals surface area (Å²) >= 11 is 0. The van der Waals surface area contributed by atoms with Gasteiger partial charge < -0.3 is 14.4 Å². The number of carbonyl (C=O) groups is 1. The predicted octanol–water partition coefficient (Wildman–Crippen LogP) is 1.62. The topological polar surface area (TPSA) is 53.7 Å². The van der Waals surface area contributed by atoms with Gasteiger partial charge in [0.05, 0.1) is 18.1 Å². The molecule has 0 radical (unpaired) electrons. The van der Waals surface area contributed by atoms with Crippen LogP contribution in [0.25, 0.3) is 0 Å². The van der Waals surface area contributed by atoms with Gasteiger partial charge in [0.25, 0.3) is 0 Å². The van der Waals surface area contributed by atoms with Crippen LogP contribution >= 0.6 is 0 Å². The first kappa shape index (κ1) is 9.58. The summed E-state index contributed by atoms with van der Waals surface area (Å²) in [5, 5.41) is 8.83. The van der Waals surface area contributed by atoms with Crippen molar-refractivity contribution in [3.05, 3.63) is 48.1 Å². The summed E-state index contributed by atoms with van der Waals surface area (Å²) in [6.45, 7) is 1.09. The van der Waals surface area contributed by atoms with Crippen LogP contribution in [0.2, 0.25) is 0 Å². The van der Waals surface area contributed by atoms with Crippen LogP contribution in [-0.2, 0) is 11.3 Å². The Labute approximate surface area is 87.1 Å². The normalized spacial score (nSPS) is 15.2. The van der Waals surface area contributed by atoms with Crippen LogP contribution in [0.5, 0.6) is 0 Å². The standard InChI is InChI=1S/C11H11NO3/c13-11(14)10-2-1-4-12(7-10)6-9-3-5-15-8-9/h1-5,8H,6-7H2,(H,13,14). The molecule has 0 unspecified atom stereocenters. The monoisotopic (exact) mass is 205 g/mol. The Morgan fingerprint density at radius 3 is 3.13 bits per heavy atom. The number of nitrogens with zero attached hydrogens (tertiary/aromatic N) is 1. The predicted molar refractivity (Wildman–Crippen MR) is 54.0 cm³/mol. The van der Waals surface area contributed by atoms with Gasteiger partial charge in [0.1, 0.15) is 0 Å². The molecule has 0 bridgehead atoms. The fourth-order valence-electron chi connectivity index (χ4n) is 1.47. The minimum atomic E-state index is -0.864. The van der Waals surface area contributed by atoms with Crippen molar-refractivity contribution in [1.82, 2.24) is 4.90 Å². The molecule has 2 rings (SSSR count). The Bertz CT molecular complexity index is 403. The number of furan rings is 1. The molecule has 0 fully saturated rings. The van der Waals surface area contributed by atoms with Gasteiger partial charge in [-0.15, -0.1) is 0 Å². The van der Waals surface area contributed by atoms with E-state index in [2.05, 4.69) is 0 Å². The zero-order valence-corrected chi connectivity index (χ0v) is 8.09. The highest BCUT2D eigenvalue weighted by Gasteiger charge is 2.13. The van der Waals surface area contributed by atoms with Gasteiger partial charge in [-0.3, -0.25) is 0 Å². The Kier molecular flexibility index (Phi) is 2.58. The van der Waals surface area contributed by atoms with E-state index in [9.17, 15) is 4.79 Å². The van der Waals surface area contributed by atoms with Crippen LogP contribution < -0.4 is 0 Å². The van der Waals surface area contributed by atoms with Crippen molar-refractivity contribution >= 4 is 5.97 Å².